The molecule has 2 atom stereocenters. The molecule has 3 heteroatoms. The highest BCUT2D eigenvalue weighted by Crippen LogP contribution is 2.37. The van der Waals surface area contributed by atoms with Gasteiger partial charge in [-0.15, -0.1) is 0 Å². The first-order valence-electron chi connectivity index (χ1n) is 5.66. The molecular weight excluding hydrogens is 202 g/mol. The van der Waals surface area contributed by atoms with Gasteiger partial charge in [-0.2, -0.15) is 0 Å². The number of ether oxygens (including phenoxy) is 2. The van der Waals surface area contributed by atoms with Crippen LogP contribution in [0.15, 0.2) is 36.1 Å². The predicted molar refractivity (Wildman–Crippen MR) is 61.3 cm³/mol. The van der Waals surface area contributed by atoms with E-state index in [1.54, 1.807) is 0 Å². The largest absolute Gasteiger partial charge is 0.496 e. The molecular formula is C13H15NO2. The molecule has 0 saturated carbocycles. The van der Waals surface area contributed by atoms with Gasteiger partial charge < -0.3 is 15.2 Å². The Morgan fingerprint density at radius 2 is 2.12 bits per heavy atom. The lowest BCUT2D eigenvalue weighted by molar-refractivity contribution is 0.210. The van der Waals surface area contributed by atoms with Crippen molar-refractivity contribution in [3.63, 3.8) is 0 Å². The van der Waals surface area contributed by atoms with Gasteiger partial charge in [-0.25, -0.2) is 0 Å². The second-order valence-electron chi connectivity index (χ2n) is 4.22. The zero-order chi connectivity index (χ0) is 11.0. The Hall–Kier alpha value is -1.48. The molecule has 0 amide bonds. The molecule has 2 unspecified atom stereocenters. The number of hydrogen-bond acceptors (Lipinski definition) is 3. The fourth-order valence-electron chi connectivity index (χ4n) is 2.35. The fourth-order valence-corrected chi connectivity index (χ4v) is 2.35. The molecule has 84 valence electrons. The van der Waals surface area contributed by atoms with E-state index < -0.39 is 0 Å². The van der Waals surface area contributed by atoms with Crippen LogP contribution in [-0.2, 0) is 4.74 Å². The highest BCUT2D eigenvalue weighted by molar-refractivity contribution is 5.41. The molecule has 0 bridgehead atoms. The average Bonchev–Trinajstić information content (AvgIpc) is 2.98. The Morgan fingerprint density at radius 3 is 2.94 bits per heavy atom. The molecule has 3 rings (SSSR count). The van der Waals surface area contributed by atoms with Crippen molar-refractivity contribution in [1.29, 1.82) is 0 Å². The summed E-state index contributed by atoms with van der Waals surface area (Å²) in [6.07, 6.45) is 3.06. The van der Waals surface area contributed by atoms with Gasteiger partial charge in [0.15, 0.2) is 0 Å². The van der Waals surface area contributed by atoms with E-state index >= 15 is 0 Å². The molecule has 0 spiro atoms. The Bertz CT molecular complexity index is 428. The number of rotatable bonds is 2. The van der Waals surface area contributed by atoms with Crippen LogP contribution in [0.4, 0.5) is 0 Å². The minimum Gasteiger partial charge on any atom is -0.496 e. The minimum absolute atomic E-state index is 0.0776. The predicted octanol–water partition coefficient (Wildman–Crippen LogP) is 1.79. The van der Waals surface area contributed by atoms with Crippen molar-refractivity contribution in [3.05, 3.63) is 41.7 Å². The molecule has 3 nitrogen and oxygen atoms in total. The van der Waals surface area contributed by atoms with Gasteiger partial charge in [-0.05, 0) is 12.1 Å². The molecule has 1 aromatic carbocycles. The minimum atomic E-state index is -0.0776. The van der Waals surface area contributed by atoms with Crippen molar-refractivity contribution in [3.8, 4) is 5.75 Å². The van der Waals surface area contributed by atoms with Gasteiger partial charge >= 0.3 is 0 Å². The fraction of sp³-hybridized carbons (Fsp3) is 0.385. The van der Waals surface area contributed by atoms with Crippen molar-refractivity contribution >= 4 is 0 Å². The second-order valence-corrected chi connectivity index (χ2v) is 4.22. The third kappa shape index (κ3) is 1.48. The summed E-state index contributed by atoms with van der Waals surface area (Å²) in [5.41, 5.74) is 7.43. The summed E-state index contributed by atoms with van der Waals surface area (Å²) in [7, 11) is 0. The molecule has 0 aromatic heterocycles. The lowest BCUT2D eigenvalue weighted by Gasteiger charge is -2.19. The number of nitrogens with two attached hydrogens (primary N) is 1. The van der Waals surface area contributed by atoms with E-state index in [0.29, 0.717) is 6.61 Å². The Kier molecular flexibility index (Phi) is 2.33. The number of benzene rings is 1. The second kappa shape index (κ2) is 3.83. The molecule has 0 fully saturated rings. The van der Waals surface area contributed by atoms with Crippen LogP contribution in [0.2, 0.25) is 0 Å². The summed E-state index contributed by atoms with van der Waals surface area (Å²) in [6, 6.07) is 8.01. The van der Waals surface area contributed by atoms with Crippen LogP contribution in [0, 0.1) is 0 Å². The van der Waals surface area contributed by atoms with E-state index in [1.807, 2.05) is 18.2 Å². The monoisotopic (exact) mass is 217 g/mol. The zero-order valence-corrected chi connectivity index (χ0v) is 9.06. The number of para-hydroxylation sites is 1. The van der Waals surface area contributed by atoms with Crippen molar-refractivity contribution in [2.75, 3.05) is 13.2 Å². The van der Waals surface area contributed by atoms with Crippen LogP contribution in [0.3, 0.4) is 0 Å². The number of fused-ring (bicyclic) bond motifs is 1. The summed E-state index contributed by atoms with van der Waals surface area (Å²) < 4.78 is 11.2. The first kappa shape index (κ1) is 9.73. The van der Waals surface area contributed by atoms with Crippen LogP contribution in [0.1, 0.15) is 17.9 Å². The van der Waals surface area contributed by atoms with Gasteiger partial charge in [-0.1, -0.05) is 18.2 Å². The maximum atomic E-state index is 6.23. The van der Waals surface area contributed by atoms with Crippen LogP contribution >= 0.6 is 0 Å². The Morgan fingerprint density at radius 1 is 1.25 bits per heavy atom. The van der Waals surface area contributed by atoms with Gasteiger partial charge in [-0.3, -0.25) is 0 Å². The zero-order valence-electron chi connectivity index (χ0n) is 9.06. The SMILES string of the molecule is NC(C1=CCCO1)C1COc2ccccc21. The molecule has 2 aliphatic rings. The third-order valence-corrected chi connectivity index (χ3v) is 3.23. The van der Waals surface area contributed by atoms with Crippen LogP contribution in [0.5, 0.6) is 5.75 Å². The van der Waals surface area contributed by atoms with Gasteiger partial charge in [0, 0.05) is 17.9 Å². The van der Waals surface area contributed by atoms with Crippen molar-refractivity contribution in [2.24, 2.45) is 5.73 Å². The van der Waals surface area contributed by atoms with Crippen molar-refractivity contribution in [1.82, 2.24) is 0 Å². The maximum Gasteiger partial charge on any atom is 0.122 e. The van der Waals surface area contributed by atoms with Gasteiger partial charge in [0.2, 0.25) is 0 Å². The van der Waals surface area contributed by atoms with Crippen molar-refractivity contribution in [2.45, 2.75) is 18.4 Å². The highest BCUT2D eigenvalue weighted by atomic mass is 16.5. The number of hydrogen-bond donors (Lipinski definition) is 1. The molecule has 0 aliphatic carbocycles. The van der Waals surface area contributed by atoms with Crippen LogP contribution < -0.4 is 10.5 Å². The maximum absolute atomic E-state index is 6.23. The summed E-state index contributed by atoms with van der Waals surface area (Å²) in [6.45, 7) is 1.42. The Balaban J connectivity index is 1.87. The van der Waals surface area contributed by atoms with E-state index in [9.17, 15) is 0 Å². The van der Waals surface area contributed by atoms with Crippen LogP contribution in [-0.4, -0.2) is 19.3 Å². The quantitative estimate of drug-likeness (QED) is 0.821. The standard InChI is InChI=1S/C13H15NO2/c14-13(12-6-3-7-15-12)10-8-16-11-5-2-1-4-9(10)11/h1-2,4-6,10,13H,3,7-8,14H2. The third-order valence-electron chi connectivity index (χ3n) is 3.23. The summed E-state index contributed by atoms with van der Waals surface area (Å²) in [5, 5.41) is 0. The average molecular weight is 217 g/mol. The van der Waals surface area contributed by atoms with E-state index in [0.717, 1.165) is 24.5 Å². The molecule has 0 radical (unpaired) electrons. The Labute approximate surface area is 94.9 Å². The summed E-state index contributed by atoms with van der Waals surface area (Å²) >= 11 is 0. The molecule has 16 heavy (non-hydrogen) atoms. The van der Waals surface area contributed by atoms with Gasteiger partial charge in [0.05, 0.1) is 19.3 Å². The normalized spacial score (nSPS) is 24.3. The molecule has 0 saturated heterocycles. The summed E-state index contributed by atoms with van der Waals surface area (Å²) in [4.78, 5) is 0. The molecule has 2 N–H and O–H groups in total. The first-order chi connectivity index (χ1) is 7.86. The highest BCUT2D eigenvalue weighted by Gasteiger charge is 2.32. The lowest BCUT2D eigenvalue weighted by atomic mass is 9.92. The van der Waals surface area contributed by atoms with Gasteiger partial charge in [0.1, 0.15) is 11.5 Å². The van der Waals surface area contributed by atoms with Crippen LogP contribution in [0.25, 0.3) is 0 Å². The van der Waals surface area contributed by atoms with E-state index in [2.05, 4.69) is 12.1 Å². The first-order valence-corrected chi connectivity index (χ1v) is 5.66. The topological polar surface area (TPSA) is 44.5 Å². The molecule has 1 aromatic rings. The van der Waals surface area contributed by atoms with Gasteiger partial charge in [0.25, 0.3) is 0 Å². The smallest absolute Gasteiger partial charge is 0.122 e. The van der Waals surface area contributed by atoms with E-state index in [4.69, 9.17) is 15.2 Å². The molecule has 2 heterocycles. The lowest BCUT2D eigenvalue weighted by Crippen LogP contribution is -2.31. The van der Waals surface area contributed by atoms with E-state index in [1.165, 1.54) is 5.56 Å². The summed E-state index contributed by atoms with van der Waals surface area (Å²) in [5.74, 6) is 2.10. The van der Waals surface area contributed by atoms with Crippen molar-refractivity contribution < 1.29 is 9.47 Å². The molecule has 2 aliphatic heterocycles. The van der Waals surface area contributed by atoms with E-state index in [-0.39, 0.29) is 12.0 Å².